The van der Waals surface area contributed by atoms with Crippen molar-refractivity contribution in [1.82, 2.24) is 10.2 Å². The Hall–Kier alpha value is -3.17. The van der Waals surface area contributed by atoms with Gasteiger partial charge in [0.25, 0.3) is 10.0 Å². The summed E-state index contributed by atoms with van der Waals surface area (Å²) in [5, 5.41) is 2.89. The van der Waals surface area contributed by atoms with Crippen molar-refractivity contribution in [3.05, 3.63) is 94.5 Å². The zero-order chi connectivity index (χ0) is 27.7. The van der Waals surface area contributed by atoms with Crippen LogP contribution < -0.4 is 9.62 Å². The van der Waals surface area contributed by atoms with Crippen LogP contribution in [0.5, 0.6) is 0 Å². The van der Waals surface area contributed by atoms with Crippen LogP contribution in [0.3, 0.4) is 0 Å². The van der Waals surface area contributed by atoms with Crippen molar-refractivity contribution in [2.45, 2.75) is 51.1 Å². The largest absolute Gasteiger partial charge is 0.354 e. The summed E-state index contributed by atoms with van der Waals surface area (Å²) >= 11 is 3.41. The summed E-state index contributed by atoms with van der Waals surface area (Å²) < 4.78 is 29.5. The summed E-state index contributed by atoms with van der Waals surface area (Å²) in [4.78, 5) is 28.6. The van der Waals surface area contributed by atoms with Crippen LogP contribution in [0.1, 0.15) is 37.8 Å². The number of halogens is 1. The number of sulfonamides is 1. The Morgan fingerprint density at radius 2 is 1.63 bits per heavy atom. The van der Waals surface area contributed by atoms with Crippen LogP contribution in [0.15, 0.2) is 88.2 Å². The summed E-state index contributed by atoms with van der Waals surface area (Å²) in [5.74, 6) is -0.725. The SMILES string of the molecule is CCCNC(=O)C(CC)N(Cc1ccccc1)C(=O)CN(c1cccc(Br)c1)S(=O)(=O)c1ccc(C)cc1. The van der Waals surface area contributed by atoms with Crippen LogP contribution in [0, 0.1) is 6.92 Å². The molecule has 3 aromatic carbocycles. The van der Waals surface area contributed by atoms with E-state index < -0.39 is 28.5 Å². The monoisotopic (exact) mass is 599 g/mol. The van der Waals surface area contributed by atoms with Crippen molar-refractivity contribution in [1.29, 1.82) is 0 Å². The number of carbonyl (C=O) groups excluding carboxylic acids is 2. The third-order valence-electron chi connectivity index (χ3n) is 6.11. The lowest BCUT2D eigenvalue weighted by atomic mass is 10.1. The number of rotatable bonds is 12. The van der Waals surface area contributed by atoms with E-state index in [1.807, 2.05) is 51.1 Å². The van der Waals surface area contributed by atoms with Gasteiger partial charge >= 0.3 is 0 Å². The number of carbonyl (C=O) groups is 2. The third-order valence-corrected chi connectivity index (χ3v) is 8.40. The third kappa shape index (κ3) is 7.45. The molecule has 0 aromatic heterocycles. The fourth-order valence-electron chi connectivity index (χ4n) is 4.06. The van der Waals surface area contributed by atoms with Crippen LogP contribution in [-0.4, -0.2) is 44.3 Å². The lowest BCUT2D eigenvalue weighted by molar-refractivity contribution is -0.140. The Kier molecular flexibility index (Phi) is 10.5. The molecule has 0 spiro atoms. The standard InChI is InChI=1S/C29H34BrN3O4S/c1-4-18-31-29(35)27(5-2)32(20-23-10-7-6-8-11-23)28(34)21-33(25-13-9-12-24(30)19-25)38(36,37)26-16-14-22(3)15-17-26/h6-17,19,27H,4-5,18,20-21H2,1-3H3,(H,31,35). The van der Waals surface area contributed by atoms with E-state index in [0.29, 0.717) is 23.1 Å². The molecule has 3 aromatic rings. The van der Waals surface area contributed by atoms with Crippen LogP contribution in [-0.2, 0) is 26.2 Å². The minimum absolute atomic E-state index is 0.0817. The van der Waals surface area contributed by atoms with Gasteiger partial charge in [0.15, 0.2) is 0 Å². The average molecular weight is 601 g/mol. The molecule has 1 N–H and O–H groups in total. The van der Waals surface area contributed by atoms with Gasteiger partial charge in [-0.2, -0.15) is 0 Å². The predicted octanol–water partition coefficient (Wildman–Crippen LogP) is 5.29. The van der Waals surface area contributed by atoms with E-state index in [9.17, 15) is 18.0 Å². The maximum absolute atomic E-state index is 14.0. The second-order valence-electron chi connectivity index (χ2n) is 9.03. The second kappa shape index (κ2) is 13.6. The fourth-order valence-corrected chi connectivity index (χ4v) is 5.86. The zero-order valence-corrected chi connectivity index (χ0v) is 24.3. The van der Waals surface area contributed by atoms with Gasteiger partial charge in [-0.15, -0.1) is 0 Å². The molecular weight excluding hydrogens is 566 g/mol. The number of aryl methyl sites for hydroxylation is 1. The van der Waals surface area contributed by atoms with Crippen molar-refractivity contribution >= 4 is 43.5 Å². The van der Waals surface area contributed by atoms with E-state index >= 15 is 0 Å². The molecule has 0 aliphatic heterocycles. The molecule has 0 heterocycles. The number of anilines is 1. The summed E-state index contributed by atoms with van der Waals surface area (Å²) in [5.41, 5.74) is 2.11. The minimum Gasteiger partial charge on any atom is -0.354 e. The fraction of sp³-hybridized carbons (Fsp3) is 0.310. The molecule has 2 amide bonds. The van der Waals surface area contributed by atoms with Crippen LogP contribution in [0.2, 0.25) is 0 Å². The Morgan fingerprint density at radius 1 is 0.947 bits per heavy atom. The first-order valence-electron chi connectivity index (χ1n) is 12.6. The number of nitrogens with one attached hydrogen (secondary N) is 1. The predicted molar refractivity (Wildman–Crippen MR) is 154 cm³/mol. The van der Waals surface area contributed by atoms with Gasteiger partial charge < -0.3 is 10.2 Å². The van der Waals surface area contributed by atoms with E-state index in [-0.39, 0.29) is 17.3 Å². The van der Waals surface area contributed by atoms with Crippen LogP contribution >= 0.6 is 15.9 Å². The highest BCUT2D eigenvalue weighted by atomic mass is 79.9. The molecule has 3 rings (SSSR count). The maximum Gasteiger partial charge on any atom is 0.264 e. The van der Waals surface area contributed by atoms with Gasteiger partial charge in [-0.25, -0.2) is 8.42 Å². The Balaban J connectivity index is 2.04. The lowest BCUT2D eigenvalue weighted by Crippen LogP contribution is -2.52. The molecule has 0 aliphatic carbocycles. The van der Waals surface area contributed by atoms with Crippen LogP contribution in [0.25, 0.3) is 0 Å². The highest BCUT2D eigenvalue weighted by molar-refractivity contribution is 9.10. The van der Waals surface area contributed by atoms with Crippen molar-refractivity contribution < 1.29 is 18.0 Å². The number of amides is 2. The molecule has 1 atom stereocenters. The molecule has 0 fully saturated rings. The van der Waals surface area contributed by atoms with E-state index in [4.69, 9.17) is 0 Å². The summed E-state index contributed by atoms with van der Waals surface area (Å²) in [6.07, 6.45) is 1.15. The molecule has 9 heteroatoms. The maximum atomic E-state index is 14.0. The minimum atomic E-state index is -4.09. The van der Waals surface area contributed by atoms with Crippen molar-refractivity contribution in [2.75, 3.05) is 17.4 Å². The van der Waals surface area contributed by atoms with Crippen molar-refractivity contribution in [2.24, 2.45) is 0 Å². The highest BCUT2D eigenvalue weighted by Crippen LogP contribution is 2.27. The smallest absolute Gasteiger partial charge is 0.264 e. The van der Waals surface area contributed by atoms with E-state index in [0.717, 1.165) is 21.9 Å². The average Bonchev–Trinajstić information content (AvgIpc) is 2.91. The van der Waals surface area contributed by atoms with Gasteiger partial charge in [0, 0.05) is 17.6 Å². The number of hydrogen-bond acceptors (Lipinski definition) is 4. The summed E-state index contributed by atoms with van der Waals surface area (Å²) in [6.45, 7) is 5.89. The normalized spacial score (nSPS) is 12.0. The number of benzene rings is 3. The zero-order valence-electron chi connectivity index (χ0n) is 21.9. The molecule has 0 saturated heterocycles. The number of hydrogen-bond donors (Lipinski definition) is 1. The summed E-state index contributed by atoms with van der Waals surface area (Å²) in [7, 11) is -4.09. The van der Waals surface area contributed by atoms with Gasteiger partial charge in [-0.1, -0.05) is 83.9 Å². The van der Waals surface area contributed by atoms with Gasteiger partial charge in [-0.3, -0.25) is 13.9 Å². The Morgan fingerprint density at radius 3 is 2.24 bits per heavy atom. The molecule has 7 nitrogen and oxygen atoms in total. The molecule has 0 radical (unpaired) electrons. The molecule has 0 aliphatic rings. The first-order valence-corrected chi connectivity index (χ1v) is 14.9. The van der Waals surface area contributed by atoms with Gasteiger partial charge in [0.05, 0.1) is 10.6 Å². The van der Waals surface area contributed by atoms with Crippen molar-refractivity contribution in [3.8, 4) is 0 Å². The van der Waals surface area contributed by atoms with E-state index in [2.05, 4.69) is 21.2 Å². The quantitative estimate of drug-likeness (QED) is 0.306. The molecular formula is C29H34BrN3O4S. The first-order chi connectivity index (χ1) is 18.2. The van der Waals surface area contributed by atoms with Crippen molar-refractivity contribution in [3.63, 3.8) is 0 Å². The Labute approximate surface area is 234 Å². The van der Waals surface area contributed by atoms with Crippen LogP contribution in [0.4, 0.5) is 5.69 Å². The van der Waals surface area contributed by atoms with Gasteiger partial charge in [0.1, 0.15) is 12.6 Å². The summed E-state index contributed by atoms with van der Waals surface area (Å²) in [6, 6.07) is 22.0. The lowest BCUT2D eigenvalue weighted by Gasteiger charge is -2.33. The topological polar surface area (TPSA) is 86.8 Å². The Bertz CT molecular complexity index is 1330. The molecule has 0 saturated carbocycles. The number of nitrogens with zero attached hydrogens (tertiary/aromatic N) is 2. The molecule has 202 valence electrons. The van der Waals surface area contributed by atoms with Gasteiger partial charge in [0.2, 0.25) is 11.8 Å². The molecule has 38 heavy (non-hydrogen) atoms. The second-order valence-corrected chi connectivity index (χ2v) is 11.8. The van der Waals surface area contributed by atoms with E-state index in [1.165, 1.54) is 17.0 Å². The molecule has 1 unspecified atom stereocenters. The molecule has 0 bridgehead atoms. The van der Waals surface area contributed by atoms with E-state index in [1.54, 1.807) is 36.4 Å². The first kappa shape index (κ1) is 29.4. The highest BCUT2D eigenvalue weighted by Gasteiger charge is 2.33. The van der Waals surface area contributed by atoms with Gasteiger partial charge in [-0.05, 0) is 55.7 Å².